The van der Waals surface area contributed by atoms with Crippen molar-refractivity contribution in [3.05, 3.63) is 18.1 Å². The molecule has 0 amide bonds. The van der Waals surface area contributed by atoms with Gasteiger partial charge in [0.1, 0.15) is 12.1 Å². The third kappa shape index (κ3) is 2.29. The maximum atomic E-state index is 10.8. The predicted molar refractivity (Wildman–Crippen MR) is 59.6 cm³/mol. The molecule has 2 rings (SSSR count). The first kappa shape index (κ1) is 10.9. The SMILES string of the molecule is C[C@H]1CCCN(c2cc(C(=O)O)ncn2)C1. The Kier molecular flexibility index (Phi) is 3.03. The lowest BCUT2D eigenvalue weighted by Crippen LogP contribution is -2.35. The predicted octanol–water partition coefficient (Wildman–Crippen LogP) is 1.41. The number of carboxylic acids is 1. The summed E-state index contributed by atoms with van der Waals surface area (Å²) in [5, 5.41) is 8.85. The van der Waals surface area contributed by atoms with Crippen molar-refractivity contribution in [1.29, 1.82) is 0 Å². The molecule has 1 N–H and O–H groups in total. The minimum Gasteiger partial charge on any atom is -0.477 e. The standard InChI is InChI=1S/C11H15N3O2/c1-8-3-2-4-14(6-8)10-5-9(11(15)16)12-7-13-10/h5,7-8H,2-4,6H2,1H3,(H,15,16)/t8-/m0/s1. The molecule has 2 heterocycles. The molecule has 1 aromatic heterocycles. The molecular formula is C11H15N3O2. The number of aromatic nitrogens is 2. The molecule has 0 spiro atoms. The topological polar surface area (TPSA) is 66.3 Å². The molecule has 1 saturated heterocycles. The van der Waals surface area contributed by atoms with Crippen molar-refractivity contribution in [3.8, 4) is 0 Å². The van der Waals surface area contributed by atoms with Crippen LogP contribution in [0.3, 0.4) is 0 Å². The highest BCUT2D eigenvalue weighted by molar-refractivity contribution is 5.86. The number of hydrogen-bond acceptors (Lipinski definition) is 4. The molecule has 0 radical (unpaired) electrons. The second-order valence-electron chi connectivity index (χ2n) is 4.26. The van der Waals surface area contributed by atoms with Crippen molar-refractivity contribution in [2.75, 3.05) is 18.0 Å². The van der Waals surface area contributed by atoms with Crippen molar-refractivity contribution in [2.45, 2.75) is 19.8 Å². The number of nitrogens with zero attached hydrogens (tertiary/aromatic N) is 3. The summed E-state index contributed by atoms with van der Waals surface area (Å²) in [4.78, 5) is 20.8. The van der Waals surface area contributed by atoms with E-state index in [1.807, 2.05) is 0 Å². The minimum absolute atomic E-state index is 0.0585. The van der Waals surface area contributed by atoms with Gasteiger partial charge in [-0.05, 0) is 18.8 Å². The molecule has 16 heavy (non-hydrogen) atoms. The van der Waals surface area contributed by atoms with Crippen LogP contribution in [0.5, 0.6) is 0 Å². The minimum atomic E-state index is -1.01. The molecule has 1 aromatic rings. The van der Waals surface area contributed by atoms with E-state index in [1.165, 1.54) is 12.7 Å². The van der Waals surface area contributed by atoms with Crippen LogP contribution < -0.4 is 4.90 Å². The maximum absolute atomic E-state index is 10.8. The first-order valence-corrected chi connectivity index (χ1v) is 5.47. The Bertz CT molecular complexity index is 395. The van der Waals surface area contributed by atoms with Crippen molar-refractivity contribution >= 4 is 11.8 Å². The average Bonchev–Trinajstić information content (AvgIpc) is 2.29. The van der Waals surface area contributed by atoms with E-state index in [2.05, 4.69) is 21.8 Å². The van der Waals surface area contributed by atoms with Gasteiger partial charge in [0.15, 0.2) is 5.69 Å². The van der Waals surface area contributed by atoms with Crippen LogP contribution in [0.2, 0.25) is 0 Å². The van der Waals surface area contributed by atoms with Gasteiger partial charge < -0.3 is 10.0 Å². The molecule has 1 atom stereocenters. The van der Waals surface area contributed by atoms with E-state index < -0.39 is 5.97 Å². The van der Waals surface area contributed by atoms with E-state index in [0.29, 0.717) is 5.92 Å². The first-order chi connectivity index (χ1) is 7.66. The molecule has 1 fully saturated rings. The Labute approximate surface area is 94.1 Å². The van der Waals surface area contributed by atoms with Gasteiger partial charge in [0.05, 0.1) is 0 Å². The highest BCUT2D eigenvalue weighted by Gasteiger charge is 2.18. The summed E-state index contributed by atoms with van der Waals surface area (Å²) in [6, 6.07) is 1.54. The molecular weight excluding hydrogens is 206 g/mol. The largest absolute Gasteiger partial charge is 0.477 e. The number of aromatic carboxylic acids is 1. The molecule has 0 unspecified atom stereocenters. The van der Waals surface area contributed by atoms with E-state index in [-0.39, 0.29) is 5.69 Å². The number of carboxylic acid groups (broad SMARTS) is 1. The number of rotatable bonds is 2. The van der Waals surface area contributed by atoms with Gasteiger partial charge in [-0.3, -0.25) is 0 Å². The van der Waals surface area contributed by atoms with E-state index in [0.717, 1.165) is 25.3 Å². The fourth-order valence-electron chi connectivity index (χ4n) is 2.03. The van der Waals surface area contributed by atoms with Gasteiger partial charge >= 0.3 is 5.97 Å². The molecule has 5 nitrogen and oxygen atoms in total. The molecule has 0 saturated carbocycles. The first-order valence-electron chi connectivity index (χ1n) is 5.47. The lowest BCUT2D eigenvalue weighted by atomic mass is 10.0. The van der Waals surface area contributed by atoms with Gasteiger partial charge in [-0.1, -0.05) is 6.92 Å². The highest BCUT2D eigenvalue weighted by atomic mass is 16.4. The number of anilines is 1. The van der Waals surface area contributed by atoms with Crippen LogP contribution in [-0.4, -0.2) is 34.1 Å². The summed E-state index contributed by atoms with van der Waals surface area (Å²) in [7, 11) is 0. The van der Waals surface area contributed by atoms with Gasteiger partial charge in [0.2, 0.25) is 0 Å². The van der Waals surface area contributed by atoms with Crippen molar-refractivity contribution in [1.82, 2.24) is 9.97 Å². The quantitative estimate of drug-likeness (QED) is 0.817. The summed E-state index contributed by atoms with van der Waals surface area (Å²) >= 11 is 0. The molecule has 0 bridgehead atoms. The van der Waals surface area contributed by atoms with Crippen LogP contribution in [0.25, 0.3) is 0 Å². The van der Waals surface area contributed by atoms with Crippen LogP contribution in [0.4, 0.5) is 5.82 Å². The summed E-state index contributed by atoms with van der Waals surface area (Å²) in [6.45, 7) is 4.09. The zero-order valence-electron chi connectivity index (χ0n) is 9.26. The lowest BCUT2D eigenvalue weighted by molar-refractivity contribution is 0.0690. The van der Waals surface area contributed by atoms with Crippen molar-refractivity contribution in [2.24, 2.45) is 5.92 Å². The number of hydrogen-bond donors (Lipinski definition) is 1. The van der Waals surface area contributed by atoms with Gasteiger partial charge in [0, 0.05) is 19.2 Å². The Morgan fingerprint density at radius 1 is 1.56 bits per heavy atom. The highest BCUT2D eigenvalue weighted by Crippen LogP contribution is 2.21. The molecule has 5 heteroatoms. The normalized spacial score (nSPS) is 20.8. The molecule has 0 aromatic carbocycles. The molecule has 0 aliphatic carbocycles. The van der Waals surface area contributed by atoms with E-state index in [4.69, 9.17) is 5.11 Å². The summed E-state index contributed by atoms with van der Waals surface area (Å²) in [6.07, 6.45) is 3.68. The average molecular weight is 221 g/mol. The number of piperidine rings is 1. The van der Waals surface area contributed by atoms with E-state index in [1.54, 1.807) is 6.07 Å². The van der Waals surface area contributed by atoms with Gasteiger partial charge in [-0.2, -0.15) is 0 Å². The smallest absolute Gasteiger partial charge is 0.354 e. The maximum Gasteiger partial charge on any atom is 0.354 e. The fourth-order valence-corrected chi connectivity index (χ4v) is 2.03. The summed E-state index contributed by atoms with van der Waals surface area (Å²) in [5.41, 5.74) is 0.0585. The second kappa shape index (κ2) is 4.47. The monoisotopic (exact) mass is 221 g/mol. The summed E-state index contributed by atoms with van der Waals surface area (Å²) in [5.74, 6) is 0.352. The van der Waals surface area contributed by atoms with Crippen molar-refractivity contribution in [3.63, 3.8) is 0 Å². The Hall–Kier alpha value is -1.65. The lowest BCUT2D eigenvalue weighted by Gasteiger charge is -2.31. The van der Waals surface area contributed by atoms with Crippen LogP contribution in [0.15, 0.2) is 12.4 Å². The molecule has 1 aliphatic heterocycles. The van der Waals surface area contributed by atoms with Crippen molar-refractivity contribution < 1.29 is 9.90 Å². The molecule has 1 aliphatic rings. The number of carbonyl (C=O) groups is 1. The van der Waals surface area contributed by atoms with Crippen LogP contribution in [0.1, 0.15) is 30.3 Å². The Balaban J connectivity index is 2.19. The fraction of sp³-hybridized carbons (Fsp3) is 0.545. The van der Waals surface area contributed by atoms with E-state index in [9.17, 15) is 4.79 Å². The zero-order valence-corrected chi connectivity index (χ0v) is 9.26. The molecule has 86 valence electrons. The van der Waals surface area contributed by atoms with Gasteiger partial charge in [-0.25, -0.2) is 14.8 Å². The Morgan fingerprint density at radius 2 is 2.38 bits per heavy atom. The summed E-state index contributed by atoms with van der Waals surface area (Å²) < 4.78 is 0. The van der Waals surface area contributed by atoms with Crippen LogP contribution in [-0.2, 0) is 0 Å². The van der Waals surface area contributed by atoms with Gasteiger partial charge in [-0.15, -0.1) is 0 Å². The van der Waals surface area contributed by atoms with E-state index >= 15 is 0 Å². The third-order valence-electron chi connectivity index (χ3n) is 2.85. The third-order valence-corrected chi connectivity index (χ3v) is 2.85. The van der Waals surface area contributed by atoms with Crippen LogP contribution in [0, 0.1) is 5.92 Å². The Morgan fingerprint density at radius 3 is 3.06 bits per heavy atom. The zero-order chi connectivity index (χ0) is 11.5. The van der Waals surface area contributed by atoms with Gasteiger partial charge in [0.25, 0.3) is 0 Å². The second-order valence-corrected chi connectivity index (χ2v) is 4.26. The van der Waals surface area contributed by atoms with Crippen LogP contribution >= 0.6 is 0 Å².